The molecule has 160 valence electrons. The molecular weight excluding hydrogens is 392 g/mol. The van der Waals surface area contributed by atoms with Crippen LogP contribution in [0, 0.1) is 0 Å². The Hall–Kier alpha value is -3.64. The van der Waals surface area contributed by atoms with E-state index in [2.05, 4.69) is 0 Å². The van der Waals surface area contributed by atoms with E-state index in [1.807, 2.05) is 0 Å². The van der Waals surface area contributed by atoms with Crippen LogP contribution < -0.4 is 5.73 Å². The molecule has 0 fully saturated rings. The third kappa shape index (κ3) is 3.23. The van der Waals surface area contributed by atoms with Crippen molar-refractivity contribution < 1.29 is 51.1 Å². The maximum atomic E-state index is 10.3. The lowest BCUT2D eigenvalue weighted by Gasteiger charge is -2.33. The Kier molecular flexibility index (Phi) is 5.80. The molecule has 0 saturated carbocycles. The molecule has 0 atom stereocenters. The third-order valence-corrected chi connectivity index (χ3v) is 4.55. The van der Waals surface area contributed by atoms with Gasteiger partial charge in [0.15, 0.2) is 23.0 Å². The minimum atomic E-state index is -1.63. The first-order valence-corrected chi connectivity index (χ1v) is 8.32. The Bertz CT molecular complexity index is 819. The molecule has 29 heavy (non-hydrogen) atoms. The van der Waals surface area contributed by atoms with Crippen LogP contribution in [0.3, 0.4) is 0 Å². The predicted octanol–water partition coefficient (Wildman–Crippen LogP) is 0.113. The molecule has 0 aliphatic heterocycles. The molecule has 12 heteroatoms. The summed E-state index contributed by atoms with van der Waals surface area (Å²) in [5.41, 5.74) is 4.17. The molecule has 0 bridgehead atoms. The lowest BCUT2D eigenvalue weighted by Crippen LogP contribution is -2.34. The topological polar surface area (TPSA) is 232 Å². The highest BCUT2D eigenvalue weighted by atomic mass is 16.4. The number of rotatable bonds is 6. The lowest BCUT2D eigenvalue weighted by molar-refractivity contribution is 0.219. The quantitative estimate of drug-likeness (QED) is 0.223. The number of hydrogen-bond donors (Lipinski definition) is 11. The number of hydrogen-bond acceptors (Lipinski definition) is 12. The normalized spacial score (nSPS) is 11.4. The highest BCUT2D eigenvalue weighted by Crippen LogP contribution is 2.59. The van der Waals surface area contributed by atoms with Crippen molar-refractivity contribution in [2.24, 2.45) is 5.73 Å². The second-order valence-electron chi connectivity index (χ2n) is 6.13. The van der Waals surface area contributed by atoms with Crippen molar-refractivity contribution in [1.82, 2.24) is 4.90 Å². The number of nitrogens with zero attached hydrogens (tertiary/aromatic N) is 1. The summed E-state index contributed by atoms with van der Waals surface area (Å²) in [6.07, 6.45) is 0. The molecule has 0 unspecified atom stereocenters. The maximum Gasteiger partial charge on any atom is 0.208 e. The van der Waals surface area contributed by atoms with Crippen LogP contribution in [0.5, 0.6) is 57.5 Å². The summed E-state index contributed by atoms with van der Waals surface area (Å²) in [7, 11) is 0. The number of aromatic hydroxyl groups is 10. The van der Waals surface area contributed by atoms with E-state index in [1.165, 1.54) is 4.90 Å². The van der Waals surface area contributed by atoms with Crippen LogP contribution >= 0.6 is 0 Å². The molecule has 0 aliphatic carbocycles. The van der Waals surface area contributed by atoms with Gasteiger partial charge in [0.2, 0.25) is 34.5 Å². The Labute approximate surface area is 163 Å². The molecule has 2 rings (SSSR count). The molecule has 0 aromatic heterocycles. The van der Waals surface area contributed by atoms with Gasteiger partial charge in [-0.3, -0.25) is 4.90 Å². The van der Waals surface area contributed by atoms with Crippen LogP contribution in [0.1, 0.15) is 24.1 Å². The van der Waals surface area contributed by atoms with Crippen molar-refractivity contribution in [3.8, 4) is 57.5 Å². The van der Waals surface area contributed by atoms with Crippen LogP contribution in [0.4, 0.5) is 0 Å². The second-order valence-corrected chi connectivity index (χ2v) is 6.13. The van der Waals surface area contributed by atoms with E-state index in [9.17, 15) is 51.1 Å². The van der Waals surface area contributed by atoms with Gasteiger partial charge >= 0.3 is 0 Å². The second kappa shape index (κ2) is 7.77. The summed E-state index contributed by atoms with van der Waals surface area (Å²) >= 11 is 0. The third-order valence-electron chi connectivity index (χ3n) is 4.55. The van der Waals surface area contributed by atoms with E-state index in [-0.39, 0.29) is 19.6 Å². The molecule has 0 radical (unpaired) electrons. The van der Waals surface area contributed by atoms with Gasteiger partial charge in [0.1, 0.15) is 0 Å². The monoisotopic (exact) mass is 414 g/mol. The molecule has 12 N–H and O–H groups in total. The standard InChI is InChI=1S/C17H22N2O10/c1-2-19(4-3-18)7(5-8(20)12(24)16(28)13(25)9(5)21)6-10(22)14(26)17(29)15(27)11(6)23/h7,20-29H,2-4,18H2,1H3. The summed E-state index contributed by atoms with van der Waals surface area (Å²) < 4.78 is 0. The highest BCUT2D eigenvalue weighted by molar-refractivity contribution is 5.73. The van der Waals surface area contributed by atoms with Gasteiger partial charge in [-0.25, -0.2) is 0 Å². The lowest BCUT2D eigenvalue weighted by atomic mass is 9.91. The van der Waals surface area contributed by atoms with E-state index in [1.54, 1.807) is 6.92 Å². The van der Waals surface area contributed by atoms with Gasteiger partial charge in [-0.2, -0.15) is 0 Å². The fraction of sp³-hybridized carbons (Fsp3) is 0.294. The van der Waals surface area contributed by atoms with E-state index in [4.69, 9.17) is 5.73 Å². The zero-order valence-corrected chi connectivity index (χ0v) is 15.2. The smallest absolute Gasteiger partial charge is 0.208 e. The summed E-state index contributed by atoms with van der Waals surface area (Å²) in [5.74, 6) is -11.8. The van der Waals surface area contributed by atoms with Gasteiger partial charge in [0.05, 0.1) is 17.2 Å². The molecule has 2 aromatic rings. The van der Waals surface area contributed by atoms with Crippen molar-refractivity contribution in [1.29, 1.82) is 0 Å². The average molecular weight is 414 g/mol. The fourth-order valence-corrected chi connectivity index (χ4v) is 3.07. The van der Waals surface area contributed by atoms with Crippen molar-refractivity contribution in [3.63, 3.8) is 0 Å². The first-order chi connectivity index (χ1) is 13.5. The molecule has 0 amide bonds. The SMILES string of the molecule is CCN(CCN)C(c1c(O)c(O)c(O)c(O)c1O)c1c(O)c(O)c(O)c(O)c1O. The summed E-state index contributed by atoms with van der Waals surface area (Å²) in [6, 6.07) is -1.63. The Morgan fingerprint density at radius 3 is 1.10 bits per heavy atom. The van der Waals surface area contributed by atoms with Crippen molar-refractivity contribution in [3.05, 3.63) is 11.1 Å². The number of phenolic OH excluding ortho intramolecular Hbond substituents is 10. The maximum absolute atomic E-state index is 10.3. The first kappa shape index (κ1) is 21.7. The fourth-order valence-electron chi connectivity index (χ4n) is 3.07. The van der Waals surface area contributed by atoms with Crippen molar-refractivity contribution in [2.75, 3.05) is 19.6 Å². The number of phenols is 10. The van der Waals surface area contributed by atoms with E-state index < -0.39 is 74.7 Å². The average Bonchev–Trinajstić information content (AvgIpc) is 2.71. The zero-order chi connectivity index (χ0) is 22.2. The summed E-state index contributed by atoms with van der Waals surface area (Å²) in [6.45, 7) is 1.68. The minimum Gasteiger partial charge on any atom is -0.504 e. The predicted molar refractivity (Wildman–Crippen MR) is 97.7 cm³/mol. The molecular formula is C17H22N2O10. The van der Waals surface area contributed by atoms with E-state index >= 15 is 0 Å². The molecule has 12 nitrogen and oxygen atoms in total. The van der Waals surface area contributed by atoms with Gasteiger partial charge in [-0.15, -0.1) is 0 Å². The molecule has 0 spiro atoms. The number of benzene rings is 2. The molecule has 0 heterocycles. The van der Waals surface area contributed by atoms with Crippen LogP contribution in [0.25, 0.3) is 0 Å². The van der Waals surface area contributed by atoms with Gasteiger partial charge in [0, 0.05) is 13.1 Å². The Morgan fingerprint density at radius 2 is 0.862 bits per heavy atom. The van der Waals surface area contributed by atoms with Crippen molar-refractivity contribution >= 4 is 0 Å². The summed E-state index contributed by atoms with van der Waals surface area (Å²) in [5, 5.41) is 100. The largest absolute Gasteiger partial charge is 0.504 e. The van der Waals surface area contributed by atoms with Crippen LogP contribution in [0.15, 0.2) is 0 Å². The van der Waals surface area contributed by atoms with Gasteiger partial charge in [0.25, 0.3) is 0 Å². The van der Waals surface area contributed by atoms with Crippen molar-refractivity contribution in [2.45, 2.75) is 13.0 Å². The van der Waals surface area contributed by atoms with Crippen LogP contribution in [0.2, 0.25) is 0 Å². The molecule has 2 aromatic carbocycles. The zero-order valence-electron chi connectivity index (χ0n) is 15.2. The van der Waals surface area contributed by atoms with E-state index in [0.717, 1.165) is 0 Å². The van der Waals surface area contributed by atoms with E-state index in [0.29, 0.717) is 0 Å². The highest BCUT2D eigenvalue weighted by Gasteiger charge is 2.38. The number of nitrogens with two attached hydrogens (primary N) is 1. The van der Waals surface area contributed by atoms with Crippen LogP contribution in [-0.4, -0.2) is 75.6 Å². The first-order valence-electron chi connectivity index (χ1n) is 8.32. The molecule has 0 saturated heterocycles. The summed E-state index contributed by atoms with van der Waals surface area (Å²) in [4.78, 5) is 1.33. The Morgan fingerprint density at radius 1 is 0.586 bits per heavy atom. The molecule has 0 aliphatic rings. The van der Waals surface area contributed by atoms with Gasteiger partial charge < -0.3 is 56.8 Å². The minimum absolute atomic E-state index is 0.000513. The Balaban J connectivity index is 3.01. The van der Waals surface area contributed by atoms with Gasteiger partial charge in [-0.1, -0.05) is 6.92 Å². The van der Waals surface area contributed by atoms with Crippen LogP contribution in [-0.2, 0) is 0 Å². The number of likely N-dealkylation sites (N-methyl/N-ethyl adjacent to an activating group) is 1. The van der Waals surface area contributed by atoms with Gasteiger partial charge in [-0.05, 0) is 6.54 Å².